The molecule has 60 valence electrons. The first-order chi connectivity index (χ1) is 5.11. The minimum atomic E-state index is -0.666. The molecule has 0 rings (SSSR count). The highest BCUT2D eigenvalue weighted by molar-refractivity contribution is 5.81. The Labute approximate surface area is 66.3 Å². The first kappa shape index (κ1) is 9.70. The highest BCUT2D eigenvalue weighted by Crippen LogP contribution is 2.05. The lowest BCUT2D eigenvalue weighted by molar-refractivity contribution is -0.142. The molecule has 11 heavy (non-hydrogen) atoms. The molecule has 0 fully saturated rings. The second kappa shape index (κ2) is 4.51. The fraction of sp³-hybridized carbons (Fsp3) is 0.500. The van der Waals surface area contributed by atoms with Crippen molar-refractivity contribution < 1.29 is 9.53 Å². The number of nitriles is 1. The van der Waals surface area contributed by atoms with Crippen LogP contribution in [0.25, 0.3) is 0 Å². The lowest BCUT2D eigenvalue weighted by Gasteiger charge is -2.11. The van der Waals surface area contributed by atoms with Crippen LogP contribution in [-0.2, 0) is 9.53 Å². The Kier molecular flexibility index (Phi) is 3.97. The van der Waals surface area contributed by atoms with Gasteiger partial charge in [0.1, 0.15) is 6.07 Å². The van der Waals surface area contributed by atoms with Gasteiger partial charge in [0.25, 0.3) is 0 Å². The summed E-state index contributed by atoms with van der Waals surface area (Å²) in [5.74, 6) is -0.533. The van der Waals surface area contributed by atoms with Gasteiger partial charge in [-0.3, -0.25) is 0 Å². The average molecular weight is 153 g/mol. The fourth-order valence-electron chi connectivity index (χ4n) is 0.485. The second-order valence-corrected chi connectivity index (χ2v) is 2.43. The topological polar surface area (TPSA) is 50.1 Å². The summed E-state index contributed by atoms with van der Waals surface area (Å²) < 4.78 is 4.69. The monoisotopic (exact) mass is 153 g/mol. The number of nitrogens with zero attached hydrogens (tertiary/aromatic N) is 1. The van der Waals surface area contributed by atoms with Crippen LogP contribution in [0.3, 0.4) is 0 Å². The van der Waals surface area contributed by atoms with Gasteiger partial charge in [-0.1, -0.05) is 20.4 Å². The molecule has 0 heterocycles. The molecular weight excluding hydrogens is 142 g/mol. The van der Waals surface area contributed by atoms with Gasteiger partial charge in [-0.15, -0.1) is 0 Å². The summed E-state index contributed by atoms with van der Waals surface area (Å²) in [5, 5.41) is 8.48. The summed E-state index contributed by atoms with van der Waals surface area (Å²) in [7, 11) is 0. The zero-order valence-corrected chi connectivity index (χ0v) is 6.70. The van der Waals surface area contributed by atoms with E-state index in [2.05, 4.69) is 6.58 Å². The fourth-order valence-corrected chi connectivity index (χ4v) is 0.485. The van der Waals surface area contributed by atoms with Gasteiger partial charge in [-0.05, 0) is 0 Å². The van der Waals surface area contributed by atoms with Crippen molar-refractivity contribution in [2.45, 2.75) is 20.0 Å². The third kappa shape index (κ3) is 3.41. The SMILES string of the molecule is C=CC(=O)OC(C#N)C(C)C. The molecule has 0 spiro atoms. The van der Waals surface area contributed by atoms with Gasteiger partial charge < -0.3 is 4.74 Å². The van der Waals surface area contributed by atoms with Crippen molar-refractivity contribution in [3.8, 4) is 6.07 Å². The molecule has 0 aliphatic carbocycles. The van der Waals surface area contributed by atoms with Crippen molar-refractivity contribution in [3.63, 3.8) is 0 Å². The third-order valence-electron chi connectivity index (χ3n) is 1.14. The van der Waals surface area contributed by atoms with Crippen LogP contribution in [0.5, 0.6) is 0 Å². The summed E-state index contributed by atoms with van der Waals surface area (Å²) in [4.78, 5) is 10.6. The Morgan fingerprint density at radius 2 is 2.27 bits per heavy atom. The van der Waals surface area contributed by atoms with E-state index in [0.29, 0.717) is 0 Å². The summed E-state index contributed by atoms with van der Waals surface area (Å²) in [5.41, 5.74) is 0. The summed E-state index contributed by atoms with van der Waals surface area (Å²) in [6, 6.07) is 1.88. The number of carbonyl (C=O) groups excluding carboxylic acids is 1. The minimum Gasteiger partial charge on any atom is -0.444 e. The van der Waals surface area contributed by atoms with Crippen molar-refractivity contribution >= 4 is 5.97 Å². The molecule has 3 heteroatoms. The number of hydrogen-bond donors (Lipinski definition) is 0. The molecular formula is C8H11NO2. The molecule has 1 atom stereocenters. The molecule has 0 aliphatic heterocycles. The molecule has 0 aliphatic rings. The molecule has 0 saturated carbocycles. The number of rotatable bonds is 3. The summed E-state index contributed by atoms with van der Waals surface area (Å²) in [6.45, 7) is 6.84. The maximum Gasteiger partial charge on any atom is 0.331 e. The highest BCUT2D eigenvalue weighted by atomic mass is 16.5. The number of carbonyl (C=O) groups is 1. The van der Waals surface area contributed by atoms with Gasteiger partial charge >= 0.3 is 5.97 Å². The maximum atomic E-state index is 10.6. The molecule has 0 N–H and O–H groups in total. The maximum absolute atomic E-state index is 10.6. The predicted molar refractivity (Wildman–Crippen MR) is 40.5 cm³/mol. The van der Waals surface area contributed by atoms with Crippen molar-refractivity contribution in [1.82, 2.24) is 0 Å². The van der Waals surface area contributed by atoms with E-state index in [1.807, 2.05) is 19.9 Å². The first-order valence-corrected chi connectivity index (χ1v) is 3.34. The second-order valence-electron chi connectivity index (χ2n) is 2.43. The van der Waals surface area contributed by atoms with Crippen LogP contribution in [0.15, 0.2) is 12.7 Å². The number of hydrogen-bond acceptors (Lipinski definition) is 3. The van der Waals surface area contributed by atoms with Crippen LogP contribution in [0.2, 0.25) is 0 Å². The Morgan fingerprint density at radius 1 is 1.73 bits per heavy atom. The molecule has 0 aromatic rings. The highest BCUT2D eigenvalue weighted by Gasteiger charge is 2.14. The van der Waals surface area contributed by atoms with Gasteiger partial charge in [0.05, 0.1) is 0 Å². The Bertz CT molecular complexity index is 191. The van der Waals surface area contributed by atoms with Crippen LogP contribution in [-0.4, -0.2) is 12.1 Å². The van der Waals surface area contributed by atoms with E-state index in [0.717, 1.165) is 6.08 Å². The van der Waals surface area contributed by atoms with E-state index in [-0.39, 0.29) is 5.92 Å². The molecule has 3 nitrogen and oxygen atoms in total. The van der Waals surface area contributed by atoms with Crippen LogP contribution in [0.1, 0.15) is 13.8 Å². The quantitative estimate of drug-likeness (QED) is 0.453. The predicted octanol–water partition coefficient (Wildman–Crippen LogP) is 1.26. The van der Waals surface area contributed by atoms with Crippen LogP contribution in [0.4, 0.5) is 0 Å². The van der Waals surface area contributed by atoms with E-state index >= 15 is 0 Å². The summed E-state index contributed by atoms with van der Waals surface area (Å²) >= 11 is 0. The minimum absolute atomic E-state index is 0.0175. The van der Waals surface area contributed by atoms with Crippen molar-refractivity contribution in [1.29, 1.82) is 5.26 Å². The van der Waals surface area contributed by atoms with Gasteiger partial charge in [-0.25, -0.2) is 4.79 Å². The molecule has 0 saturated heterocycles. The van der Waals surface area contributed by atoms with Crippen LogP contribution >= 0.6 is 0 Å². The zero-order valence-electron chi connectivity index (χ0n) is 6.70. The van der Waals surface area contributed by atoms with E-state index in [1.165, 1.54) is 0 Å². The molecule has 0 radical (unpaired) electrons. The van der Waals surface area contributed by atoms with Crippen LogP contribution < -0.4 is 0 Å². The number of ether oxygens (including phenoxy) is 1. The first-order valence-electron chi connectivity index (χ1n) is 3.34. The Morgan fingerprint density at radius 3 is 2.55 bits per heavy atom. The molecule has 0 aromatic carbocycles. The average Bonchev–Trinajstić information content (AvgIpc) is 1.99. The van der Waals surface area contributed by atoms with Crippen molar-refractivity contribution in [3.05, 3.63) is 12.7 Å². The molecule has 0 bridgehead atoms. The summed E-state index contributed by atoms with van der Waals surface area (Å²) in [6.07, 6.45) is 0.382. The van der Waals surface area contributed by atoms with Crippen LogP contribution in [0, 0.1) is 17.2 Å². The molecule has 0 aromatic heterocycles. The smallest absolute Gasteiger partial charge is 0.331 e. The van der Waals surface area contributed by atoms with E-state index in [9.17, 15) is 4.79 Å². The van der Waals surface area contributed by atoms with Crippen molar-refractivity contribution in [2.24, 2.45) is 5.92 Å². The van der Waals surface area contributed by atoms with Gasteiger partial charge in [0.2, 0.25) is 0 Å². The molecule has 1 unspecified atom stereocenters. The van der Waals surface area contributed by atoms with E-state index < -0.39 is 12.1 Å². The Hall–Kier alpha value is -1.30. The normalized spacial score (nSPS) is 11.8. The standard InChI is InChI=1S/C8H11NO2/c1-4-8(10)11-7(5-9)6(2)3/h4,6-7H,1H2,2-3H3. The van der Waals surface area contributed by atoms with Crippen molar-refractivity contribution in [2.75, 3.05) is 0 Å². The largest absolute Gasteiger partial charge is 0.444 e. The zero-order chi connectivity index (χ0) is 8.85. The van der Waals surface area contributed by atoms with E-state index in [4.69, 9.17) is 10.00 Å². The van der Waals surface area contributed by atoms with E-state index in [1.54, 1.807) is 0 Å². The van der Waals surface area contributed by atoms with Gasteiger partial charge in [-0.2, -0.15) is 5.26 Å². The lowest BCUT2D eigenvalue weighted by atomic mass is 10.1. The third-order valence-corrected chi connectivity index (χ3v) is 1.14. The molecule has 0 amide bonds. The Balaban J connectivity index is 4.01. The van der Waals surface area contributed by atoms with Gasteiger partial charge in [0, 0.05) is 12.0 Å². The number of esters is 1. The lowest BCUT2D eigenvalue weighted by Crippen LogP contribution is -2.20. The van der Waals surface area contributed by atoms with Gasteiger partial charge in [0.15, 0.2) is 6.10 Å².